The van der Waals surface area contributed by atoms with Gasteiger partial charge in [0.05, 0.1) is 13.2 Å². The lowest BCUT2D eigenvalue weighted by atomic mass is 9.77. The van der Waals surface area contributed by atoms with Gasteiger partial charge in [-0.05, 0) is 23.2 Å². The maximum absolute atomic E-state index is 13.0. The molecule has 0 unspecified atom stereocenters. The van der Waals surface area contributed by atoms with Crippen molar-refractivity contribution in [1.29, 1.82) is 0 Å². The molecule has 0 amide bonds. The molecule has 4 nitrogen and oxygen atoms in total. The van der Waals surface area contributed by atoms with Crippen molar-refractivity contribution in [2.75, 3.05) is 26.3 Å². The van der Waals surface area contributed by atoms with Gasteiger partial charge in [-0.25, -0.2) is 4.39 Å². The molecule has 1 aromatic carbocycles. The van der Waals surface area contributed by atoms with Gasteiger partial charge in [0.15, 0.2) is 0 Å². The summed E-state index contributed by atoms with van der Waals surface area (Å²) in [5.74, 6) is -0.459. The molecule has 2 N–H and O–H groups in total. The van der Waals surface area contributed by atoms with E-state index in [1.54, 1.807) is 6.07 Å². The number of ether oxygens (including phenoxy) is 1. The van der Waals surface area contributed by atoms with Crippen molar-refractivity contribution in [2.24, 2.45) is 0 Å². The monoisotopic (exact) mass is 239 g/mol. The molecule has 0 saturated carbocycles. The van der Waals surface area contributed by atoms with Crippen LogP contribution in [0.3, 0.4) is 0 Å². The van der Waals surface area contributed by atoms with Crippen molar-refractivity contribution in [3.63, 3.8) is 0 Å². The van der Waals surface area contributed by atoms with Gasteiger partial charge >= 0.3 is 7.12 Å². The van der Waals surface area contributed by atoms with Crippen LogP contribution in [0.4, 0.5) is 4.39 Å². The first-order valence-electron chi connectivity index (χ1n) is 5.61. The van der Waals surface area contributed by atoms with E-state index < -0.39 is 12.9 Å². The van der Waals surface area contributed by atoms with Crippen LogP contribution in [-0.2, 0) is 11.3 Å². The average Bonchev–Trinajstić information content (AvgIpc) is 2.32. The van der Waals surface area contributed by atoms with Gasteiger partial charge in [-0.1, -0.05) is 6.07 Å². The van der Waals surface area contributed by atoms with E-state index in [2.05, 4.69) is 4.90 Å². The first kappa shape index (κ1) is 12.5. The van der Waals surface area contributed by atoms with Crippen LogP contribution >= 0.6 is 0 Å². The van der Waals surface area contributed by atoms with Gasteiger partial charge in [-0.15, -0.1) is 0 Å². The molecule has 1 aliphatic heterocycles. The quantitative estimate of drug-likeness (QED) is 0.687. The molecule has 0 bridgehead atoms. The van der Waals surface area contributed by atoms with E-state index in [0.717, 1.165) is 18.7 Å². The summed E-state index contributed by atoms with van der Waals surface area (Å²) in [4.78, 5) is 2.14. The largest absolute Gasteiger partial charge is 0.488 e. The van der Waals surface area contributed by atoms with Crippen LogP contribution in [0.1, 0.15) is 5.56 Å². The minimum absolute atomic E-state index is 0.233. The third kappa shape index (κ3) is 3.26. The normalized spacial score (nSPS) is 17.1. The summed E-state index contributed by atoms with van der Waals surface area (Å²) < 4.78 is 18.3. The zero-order valence-corrected chi connectivity index (χ0v) is 9.47. The van der Waals surface area contributed by atoms with Crippen molar-refractivity contribution in [2.45, 2.75) is 6.54 Å². The molecule has 1 heterocycles. The van der Waals surface area contributed by atoms with Crippen LogP contribution in [0, 0.1) is 5.82 Å². The zero-order valence-electron chi connectivity index (χ0n) is 9.47. The van der Waals surface area contributed by atoms with E-state index >= 15 is 0 Å². The summed E-state index contributed by atoms with van der Waals surface area (Å²) >= 11 is 0. The highest BCUT2D eigenvalue weighted by molar-refractivity contribution is 6.59. The Hall–Kier alpha value is -0.945. The highest BCUT2D eigenvalue weighted by Gasteiger charge is 2.19. The Kier molecular flexibility index (Phi) is 4.12. The van der Waals surface area contributed by atoms with Gasteiger partial charge in [-0.3, -0.25) is 4.90 Å². The predicted octanol–water partition coefficient (Wildman–Crippen LogP) is -0.662. The number of halogens is 1. The number of hydrogen-bond acceptors (Lipinski definition) is 4. The summed E-state index contributed by atoms with van der Waals surface area (Å²) in [5, 5.41) is 18.4. The Morgan fingerprint density at radius 1 is 1.29 bits per heavy atom. The van der Waals surface area contributed by atoms with Gasteiger partial charge < -0.3 is 14.8 Å². The summed E-state index contributed by atoms with van der Waals surface area (Å²) in [7, 11) is -1.64. The smallest absolute Gasteiger partial charge is 0.423 e. The fourth-order valence-corrected chi connectivity index (χ4v) is 1.95. The van der Waals surface area contributed by atoms with Crippen molar-refractivity contribution < 1.29 is 19.2 Å². The molecule has 6 heteroatoms. The fraction of sp³-hybridized carbons (Fsp3) is 0.455. The molecule has 0 radical (unpaired) electrons. The minimum atomic E-state index is -1.64. The summed E-state index contributed by atoms with van der Waals surface area (Å²) in [6.07, 6.45) is 0. The molecule has 17 heavy (non-hydrogen) atoms. The maximum atomic E-state index is 13.0. The average molecular weight is 239 g/mol. The minimum Gasteiger partial charge on any atom is -0.423 e. The Balaban J connectivity index is 2.13. The van der Waals surface area contributed by atoms with Gasteiger partial charge in [0.25, 0.3) is 0 Å². The van der Waals surface area contributed by atoms with Gasteiger partial charge in [-0.2, -0.15) is 0 Å². The molecule has 1 saturated heterocycles. The molecule has 0 aliphatic carbocycles. The molecule has 2 rings (SSSR count). The molecule has 1 aliphatic rings. The Morgan fingerprint density at radius 2 is 2.00 bits per heavy atom. The molecular weight excluding hydrogens is 224 g/mol. The molecule has 0 spiro atoms. The first-order chi connectivity index (χ1) is 8.16. The Labute approximate surface area is 99.8 Å². The second kappa shape index (κ2) is 5.60. The SMILES string of the molecule is OB(O)c1cc(F)ccc1CN1CCOCC1. The van der Waals surface area contributed by atoms with E-state index in [-0.39, 0.29) is 5.46 Å². The number of benzene rings is 1. The van der Waals surface area contributed by atoms with Gasteiger partial charge in [0.2, 0.25) is 0 Å². The maximum Gasteiger partial charge on any atom is 0.488 e. The topological polar surface area (TPSA) is 52.9 Å². The predicted molar refractivity (Wildman–Crippen MR) is 62.3 cm³/mol. The van der Waals surface area contributed by atoms with Gasteiger partial charge in [0.1, 0.15) is 5.82 Å². The molecule has 1 fully saturated rings. The van der Waals surface area contributed by atoms with Crippen molar-refractivity contribution >= 4 is 12.6 Å². The lowest BCUT2D eigenvalue weighted by molar-refractivity contribution is 0.0343. The molecule has 0 aromatic heterocycles. The Morgan fingerprint density at radius 3 is 2.65 bits per heavy atom. The number of hydrogen-bond donors (Lipinski definition) is 2. The van der Waals surface area contributed by atoms with E-state index in [1.165, 1.54) is 12.1 Å². The van der Waals surface area contributed by atoms with E-state index in [4.69, 9.17) is 4.74 Å². The number of rotatable bonds is 3. The van der Waals surface area contributed by atoms with Crippen LogP contribution in [0.2, 0.25) is 0 Å². The van der Waals surface area contributed by atoms with Crippen molar-refractivity contribution in [3.8, 4) is 0 Å². The zero-order chi connectivity index (χ0) is 12.3. The number of nitrogens with zero attached hydrogens (tertiary/aromatic N) is 1. The second-order valence-corrected chi connectivity index (χ2v) is 4.11. The van der Waals surface area contributed by atoms with Crippen LogP contribution in [0.15, 0.2) is 18.2 Å². The van der Waals surface area contributed by atoms with Crippen LogP contribution in [0.25, 0.3) is 0 Å². The third-order valence-corrected chi connectivity index (χ3v) is 2.88. The molecule has 92 valence electrons. The molecular formula is C11H15BFNO3. The lowest BCUT2D eigenvalue weighted by Crippen LogP contribution is -2.40. The first-order valence-corrected chi connectivity index (χ1v) is 5.61. The standard InChI is InChI=1S/C11H15BFNO3/c13-10-2-1-9(11(7-10)12(15)16)8-14-3-5-17-6-4-14/h1-2,7,15-16H,3-6,8H2. The van der Waals surface area contributed by atoms with Crippen LogP contribution in [-0.4, -0.2) is 48.4 Å². The molecule has 1 aromatic rings. The lowest BCUT2D eigenvalue weighted by Gasteiger charge is -2.27. The van der Waals surface area contributed by atoms with E-state index in [1.807, 2.05) is 0 Å². The summed E-state index contributed by atoms with van der Waals surface area (Å²) in [6.45, 7) is 3.55. The molecule has 0 atom stereocenters. The fourth-order valence-electron chi connectivity index (χ4n) is 1.95. The summed E-state index contributed by atoms with van der Waals surface area (Å²) in [5.41, 5.74) is 0.972. The van der Waals surface area contributed by atoms with Crippen molar-refractivity contribution in [1.82, 2.24) is 4.90 Å². The van der Waals surface area contributed by atoms with Gasteiger partial charge in [0, 0.05) is 19.6 Å². The number of morpholine rings is 1. The third-order valence-electron chi connectivity index (χ3n) is 2.88. The van der Waals surface area contributed by atoms with Crippen LogP contribution in [0.5, 0.6) is 0 Å². The van der Waals surface area contributed by atoms with Crippen molar-refractivity contribution in [3.05, 3.63) is 29.6 Å². The van der Waals surface area contributed by atoms with E-state index in [0.29, 0.717) is 19.8 Å². The highest BCUT2D eigenvalue weighted by atomic mass is 19.1. The summed E-state index contributed by atoms with van der Waals surface area (Å²) in [6, 6.07) is 4.10. The van der Waals surface area contributed by atoms with E-state index in [9.17, 15) is 14.4 Å². The van der Waals surface area contributed by atoms with Crippen LogP contribution < -0.4 is 5.46 Å². The Bertz CT molecular complexity index is 383. The highest BCUT2D eigenvalue weighted by Crippen LogP contribution is 2.07. The second-order valence-electron chi connectivity index (χ2n) is 4.11.